The third-order valence-electron chi connectivity index (χ3n) is 4.60. The number of pyridine rings is 1. The SMILES string of the molecule is CCOC(=O)N1Cc2nccc(-c3cn(C)nc3-c3ccc(F)cc3)c2C1. The molecule has 0 saturated heterocycles. The van der Waals surface area contributed by atoms with Crippen molar-refractivity contribution in [1.29, 1.82) is 0 Å². The standard InChI is InChI=1S/C20H19FN4O2/c1-3-27-20(26)25-11-16-15(8-9-22-18(16)12-25)17-10-24(2)23-19(17)13-4-6-14(21)7-5-13/h4-10H,3,11-12H2,1-2H3. The molecule has 3 heterocycles. The maximum Gasteiger partial charge on any atom is 0.410 e. The molecule has 1 aliphatic rings. The molecule has 0 spiro atoms. The van der Waals surface area contributed by atoms with Gasteiger partial charge in [-0.2, -0.15) is 5.10 Å². The number of ether oxygens (including phenoxy) is 1. The van der Waals surface area contributed by atoms with Crippen LogP contribution in [0.2, 0.25) is 0 Å². The van der Waals surface area contributed by atoms with Gasteiger partial charge < -0.3 is 4.74 Å². The van der Waals surface area contributed by atoms with Gasteiger partial charge in [0.25, 0.3) is 0 Å². The monoisotopic (exact) mass is 366 g/mol. The van der Waals surface area contributed by atoms with E-state index >= 15 is 0 Å². The van der Waals surface area contributed by atoms with Crippen molar-refractivity contribution in [1.82, 2.24) is 19.7 Å². The Bertz CT molecular complexity index is 998. The molecule has 3 aromatic rings. The lowest BCUT2D eigenvalue weighted by molar-refractivity contribution is 0.106. The van der Waals surface area contributed by atoms with Crippen molar-refractivity contribution in [2.24, 2.45) is 7.05 Å². The molecule has 138 valence electrons. The second-order valence-corrected chi connectivity index (χ2v) is 6.41. The molecule has 1 aliphatic heterocycles. The average molecular weight is 366 g/mol. The van der Waals surface area contributed by atoms with Crippen molar-refractivity contribution in [3.8, 4) is 22.4 Å². The maximum atomic E-state index is 13.3. The number of aromatic nitrogens is 3. The van der Waals surface area contributed by atoms with E-state index in [1.807, 2.05) is 19.3 Å². The second kappa shape index (κ2) is 6.83. The van der Waals surface area contributed by atoms with Crippen LogP contribution in [0.4, 0.5) is 9.18 Å². The van der Waals surface area contributed by atoms with Gasteiger partial charge in [-0.3, -0.25) is 14.6 Å². The molecular weight excluding hydrogens is 347 g/mol. The molecule has 0 N–H and O–H groups in total. The first-order valence-corrected chi connectivity index (χ1v) is 8.75. The van der Waals surface area contributed by atoms with Crippen LogP contribution in [0.25, 0.3) is 22.4 Å². The number of benzene rings is 1. The number of rotatable bonds is 3. The summed E-state index contributed by atoms with van der Waals surface area (Å²) < 4.78 is 20.2. The maximum absolute atomic E-state index is 13.3. The Morgan fingerprint density at radius 2 is 1.96 bits per heavy atom. The van der Waals surface area contributed by atoms with E-state index in [1.165, 1.54) is 12.1 Å². The Morgan fingerprint density at radius 3 is 2.70 bits per heavy atom. The smallest absolute Gasteiger partial charge is 0.410 e. The topological polar surface area (TPSA) is 60.2 Å². The van der Waals surface area contributed by atoms with Crippen molar-refractivity contribution in [3.05, 3.63) is 59.8 Å². The van der Waals surface area contributed by atoms with Crippen LogP contribution in [0.1, 0.15) is 18.2 Å². The molecule has 4 rings (SSSR count). The summed E-state index contributed by atoms with van der Waals surface area (Å²) in [5.41, 5.74) is 5.34. The summed E-state index contributed by atoms with van der Waals surface area (Å²) >= 11 is 0. The molecule has 0 saturated carbocycles. The highest BCUT2D eigenvalue weighted by Crippen LogP contribution is 2.36. The number of fused-ring (bicyclic) bond motifs is 1. The number of hydrogen-bond donors (Lipinski definition) is 0. The van der Waals surface area contributed by atoms with Gasteiger partial charge in [0.1, 0.15) is 11.5 Å². The van der Waals surface area contributed by atoms with Gasteiger partial charge in [-0.25, -0.2) is 9.18 Å². The predicted molar refractivity (Wildman–Crippen MR) is 98.1 cm³/mol. The van der Waals surface area contributed by atoms with Crippen molar-refractivity contribution in [2.45, 2.75) is 20.0 Å². The van der Waals surface area contributed by atoms with Crippen LogP contribution in [-0.2, 0) is 24.9 Å². The summed E-state index contributed by atoms with van der Waals surface area (Å²) in [4.78, 5) is 18.2. The Hall–Kier alpha value is -3.22. The molecular formula is C20H19FN4O2. The summed E-state index contributed by atoms with van der Waals surface area (Å²) in [5, 5.41) is 4.56. The Morgan fingerprint density at radius 1 is 1.19 bits per heavy atom. The molecule has 27 heavy (non-hydrogen) atoms. The summed E-state index contributed by atoms with van der Waals surface area (Å²) in [6.45, 7) is 2.99. The molecule has 1 aromatic carbocycles. The number of amides is 1. The van der Waals surface area contributed by atoms with Crippen LogP contribution in [0.3, 0.4) is 0 Å². The molecule has 0 atom stereocenters. The number of aryl methyl sites for hydroxylation is 1. The zero-order chi connectivity index (χ0) is 19.0. The van der Waals surface area contributed by atoms with Gasteiger partial charge in [-0.1, -0.05) is 0 Å². The number of hydrogen-bond acceptors (Lipinski definition) is 4. The van der Waals surface area contributed by atoms with Gasteiger partial charge >= 0.3 is 6.09 Å². The summed E-state index contributed by atoms with van der Waals surface area (Å²) in [6.07, 6.45) is 3.33. The number of nitrogens with zero attached hydrogens (tertiary/aromatic N) is 4. The lowest BCUT2D eigenvalue weighted by Crippen LogP contribution is -2.26. The van der Waals surface area contributed by atoms with Gasteiger partial charge in [0, 0.05) is 36.1 Å². The summed E-state index contributed by atoms with van der Waals surface area (Å²) in [6, 6.07) is 8.21. The molecule has 6 nitrogen and oxygen atoms in total. The van der Waals surface area contributed by atoms with E-state index in [0.717, 1.165) is 33.6 Å². The third-order valence-corrected chi connectivity index (χ3v) is 4.60. The fourth-order valence-corrected chi connectivity index (χ4v) is 3.38. The van der Waals surface area contributed by atoms with Crippen LogP contribution in [0.15, 0.2) is 42.7 Å². The first-order chi connectivity index (χ1) is 13.1. The molecule has 2 aromatic heterocycles. The first kappa shape index (κ1) is 17.2. The molecule has 0 bridgehead atoms. The lowest BCUT2D eigenvalue weighted by atomic mass is 9.98. The van der Waals surface area contributed by atoms with Gasteiger partial charge in [-0.15, -0.1) is 0 Å². The zero-order valence-corrected chi connectivity index (χ0v) is 15.1. The first-order valence-electron chi connectivity index (χ1n) is 8.75. The van der Waals surface area contributed by atoms with Crippen molar-refractivity contribution in [3.63, 3.8) is 0 Å². The van der Waals surface area contributed by atoms with Crippen LogP contribution < -0.4 is 0 Å². The second-order valence-electron chi connectivity index (χ2n) is 6.41. The Balaban J connectivity index is 1.76. The number of carbonyl (C=O) groups is 1. The molecule has 0 unspecified atom stereocenters. The lowest BCUT2D eigenvalue weighted by Gasteiger charge is -2.14. The van der Waals surface area contributed by atoms with Gasteiger partial charge in [-0.05, 0) is 42.8 Å². The summed E-state index contributed by atoms with van der Waals surface area (Å²) in [7, 11) is 1.85. The molecule has 0 aliphatic carbocycles. The normalized spacial score (nSPS) is 12.9. The highest BCUT2D eigenvalue weighted by molar-refractivity contribution is 5.83. The van der Waals surface area contributed by atoms with E-state index in [4.69, 9.17) is 4.74 Å². The highest BCUT2D eigenvalue weighted by atomic mass is 19.1. The third kappa shape index (κ3) is 3.16. The van der Waals surface area contributed by atoms with E-state index in [1.54, 1.807) is 34.8 Å². The molecule has 0 fully saturated rings. The van der Waals surface area contributed by atoms with Crippen LogP contribution in [-0.4, -0.2) is 32.4 Å². The van der Waals surface area contributed by atoms with Crippen molar-refractivity contribution >= 4 is 6.09 Å². The zero-order valence-electron chi connectivity index (χ0n) is 15.1. The minimum atomic E-state index is -0.341. The minimum absolute atomic E-state index is 0.286. The van der Waals surface area contributed by atoms with E-state index < -0.39 is 0 Å². The number of halogens is 1. The van der Waals surface area contributed by atoms with Crippen LogP contribution >= 0.6 is 0 Å². The van der Waals surface area contributed by atoms with E-state index in [2.05, 4.69) is 10.1 Å². The molecule has 1 amide bonds. The Kier molecular flexibility index (Phi) is 4.35. The van der Waals surface area contributed by atoms with E-state index in [0.29, 0.717) is 19.7 Å². The van der Waals surface area contributed by atoms with E-state index in [9.17, 15) is 9.18 Å². The number of carbonyl (C=O) groups excluding carboxylic acids is 1. The average Bonchev–Trinajstić information content (AvgIpc) is 3.26. The van der Waals surface area contributed by atoms with Crippen LogP contribution in [0.5, 0.6) is 0 Å². The Labute approximate surface area is 156 Å². The van der Waals surface area contributed by atoms with Gasteiger partial charge in [0.05, 0.1) is 25.4 Å². The largest absolute Gasteiger partial charge is 0.450 e. The quantitative estimate of drug-likeness (QED) is 0.708. The molecule has 7 heteroatoms. The van der Waals surface area contributed by atoms with Crippen molar-refractivity contribution in [2.75, 3.05) is 6.61 Å². The fourth-order valence-electron chi connectivity index (χ4n) is 3.38. The fraction of sp³-hybridized carbons (Fsp3) is 0.250. The van der Waals surface area contributed by atoms with Crippen LogP contribution in [0, 0.1) is 5.82 Å². The minimum Gasteiger partial charge on any atom is -0.450 e. The van der Waals surface area contributed by atoms with Crippen molar-refractivity contribution < 1.29 is 13.9 Å². The summed E-state index contributed by atoms with van der Waals surface area (Å²) in [5.74, 6) is -0.286. The van der Waals surface area contributed by atoms with Gasteiger partial charge in [0.15, 0.2) is 0 Å². The molecule has 0 radical (unpaired) electrons. The van der Waals surface area contributed by atoms with E-state index in [-0.39, 0.29) is 11.9 Å². The van der Waals surface area contributed by atoms with Gasteiger partial charge in [0.2, 0.25) is 0 Å². The predicted octanol–water partition coefficient (Wildman–Crippen LogP) is 3.76. The highest BCUT2D eigenvalue weighted by Gasteiger charge is 2.29.